The molecule has 0 aliphatic carbocycles. The van der Waals surface area contributed by atoms with E-state index in [1.165, 1.54) is 0 Å². The van der Waals surface area contributed by atoms with E-state index in [-0.39, 0.29) is 5.92 Å². The second-order valence-corrected chi connectivity index (χ2v) is 6.03. The number of benzene rings is 2. The number of nitrogens with one attached hydrogen (secondary N) is 1. The number of carbonyl (C=O) groups excluding carboxylic acids is 1. The van der Waals surface area contributed by atoms with E-state index in [2.05, 4.69) is 5.32 Å². The molecule has 1 unspecified atom stereocenters. The zero-order valence-electron chi connectivity index (χ0n) is 11.9. The van der Waals surface area contributed by atoms with E-state index < -0.39 is 11.5 Å². The van der Waals surface area contributed by atoms with Crippen LogP contribution >= 0.6 is 11.6 Å². The predicted molar refractivity (Wildman–Crippen MR) is 83.6 cm³/mol. The van der Waals surface area contributed by atoms with Gasteiger partial charge < -0.3 is 10.4 Å². The second-order valence-electron chi connectivity index (χ2n) is 5.60. The lowest BCUT2D eigenvalue weighted by Gasteiger charge is -2.25. The van der Waals surface area contributed by atoms with Crippen molar-refractivity contribution in [1.29, 1.82) is 0 Å². The van der Waals surface area contributed by atoms with Gasteiger partial charge in [0.25, 0.3) is 5.91 Å². The van der Waals surface area contributed by atoms with E-state index in [1.54, 1.807) is 24.3 Å². The van der Waals surface area contributed by atoms with Crippen molar-refractivity contribution in [3.8, 4) is 0 Å². The summed E-state index contributed by atoms with van der Waals surface area (Å²) in [6.45, 7) is 4.07. The van der Waals surface area contributed by atoms with Crippen LogP contribution in [0, 0.1) is 0 Å². The number of anilines is 1. The summed E-state index contributed by atoms with van der Waals surface area (Å²) in [5.41, 5.74) is 0.973. The van der Waals surface area contributed by atoms with Crippen molar-refractivity contribution >= 4 is 23.2 Å². The molecule has 108 valence electrons. The van der Waals surface area contributed by atoms with Crippen LogP contribution in [0.15, 0.2) is 42.5 Å². The first-order valence-electron chi connectivity index (χ1n) is 6.88. The molecular formula is C17H16ClNO2. The molecule has 1 amide bonds. The zero-order chi connectivity index (χ0) is 15.2. The molecule has 1 heterocycles. The first-order valence-corrected chi connectivity index (χ1v) is 7.25. The Hall–Kier alpha value is -1.84. The molecule has 4 heteroatoms. The molecule has 0 saturated heterocycles. The third-order valence-corrected chi connectivity index (χ3v) is 4.16. The molecule has 0 radical (unpaired) electrons. The van der Waals surface area contributed by atoms with Gasteiger partial charge in [-0.1, -0.05) is 49.7 Å². The molecule has 0 fully saturated rings. The van der Waals surface area contributed by atoms with E-state index in [0.717, 1.165) is 5.56 Å². The number of fused-ring (bicyclic) bond motifs is 1. The number of halogens is 1. The Bertz CT molecular complexity index is 726. The van der Waals surface area contributed by atoms with Crippen LogP contribution in [0.1, 0.15) is 36.5 Å². The van der Waals surface area contributed by atoms with E-state index in [1.807, 2.05) is 32.0 Å². The van der Waals surface area contributed by atoms with Gasteiger partial charge in [-0.25, -0.2) is 0 Å². The standard InChI is InChI=1S/C17H16ClNO2/c1-10(2)12-5-3-4-6-13(12)17(21)14-9-11(18)7-8-15(14)19-16(17)20/h3-10,21H,1-2H3,(H,19,20). The number of aliphatic hydroxyl groups is 1. The minimum absolute atomic E-state index is 0.196. The molecule has 0 saturated carbocycles. The predicted octanol–water partition coefficient (Wildman–Crippen LogP) is 3.65. The highest BCUT2D eigenvalue weighted by molar-refractivity contribution is 6.31. The quantitative estimate of drug-likeness (QED) is 0.889. The summed E-state index contributed by atoms with van der Waals surface area (Å²) in [7, 11) is 0. The van der Waals surface area contributed by atoms with Gasteiger partial charge in [-0.05, 0) is 29.7 Å². The van der Waals surface area contributed by atoms with Gasteiger partial charge in [0.05, 0.1) is 0 Å². The third kappa shape index (κ3) is 2.04. The van der Waals surface area contributed by atoms with Gasteiger partial charge in [0.2, 0.25) is 0 Å². The average molecular weight is 302 g/mol. The fourth-order valence-electron chi connectivity index (χ4n) is 2.86. The lowest BCUT2D eigenvalue weighted by atomic mass is 9.82. The number of hydrogen-bond acceptors (Lipinski definition) is 2. The molecule has 1 atom stereocenters. The summed E-state index contributed by atoms with van der Waals surface area (Å²) in [4.78, 5) is 12.4. The fraction of sp³-hybridized carbons (Fsp3) is 0.235. The summed E-state index contributed by atoms with van der Waals surface area (Å²) in [5.74, 6) is -0.242. The van der Waals surface area contributed by atoms with Crippen molar-refractivity contribution in [2.24, 2.45) is 0 Å². The van der Waals surface area contributed by atoms with Gasteiger partial charge in [-0.15, -0.1) is 0 Å². The number of amides is 1. The number of hydrogen-bond donors (Lipinski definition) is 2. The lowest BCUT2D eigenvalue weighted by molar-refractivity contribution is -0.129. The van der Waals surface area contributed by atoms with E-state index in [4.69, 9.17) is 11.6 Å². The van der Waals surface area contributed by atoms with Crippen molar-refractivity contribution < 1.29 is 9.90 Å². The topological polar surface area (TPSA) is 49.3 Å². The smallest absolute Gasteiger partial charge is 0.265 e. The molecule has 21 heavy (non-hydrogen) atoms. The molecule has 0 spiro atoms. The Labute approximate surface area is 128 Å². The summed E-state index contributed by atoms with van der Waals surface area (Å²) in [5, 5.41) is 14.4. The highest BCUT2D eigenvalue weighted by Gasteiger charge is 2.48. The third-order valence-electron chi connectivity index (χ3n) is 3.92. The van der Waals surface area contributed by atoms with Crippen LogP contribution in [0.4, 0.5) is 5.69 Å². The number of rotatable bonds is 2. The van der Waals surface area contributed by atoms with E-state index in [9.17, 15) is 9.90 Å². The van der Waals surface area contributed by atoms with Crippen LogP contribution in [0.25, 0.3) is 0 Å². The summed E-state index contributed by atoms with van der Waals surface area (Å²) >= 11 is 6.04. The van der Waals surface area contributed by atoms with Gasteiger partial charge in [0.15, 0.2) is 5.60 Å². The van der Waals surface area contributed by atoms with Crippen LogP contribution in [0.2, 0.25) is 5.02 Å². The Morgan fingerprint density at radius 1 is 1.14 bits per heavy atom. The van der Waals surface area contributed by atoms with Gasteiger partial charge >= 0.3 is 0 Å². The normalized spacial score (nSPS) is 20.5. The first kappa shape index (κ1) is 14.1. The van der Waals surface area contributed by atoms with Crippen molar-refractivity contribution in [3.63, 3.8) is 0 Å². The van der Waals surface area contributed by atoms with Crippen LogP contribution in [-0.2, 0) is 10.4 Å². The molecule has 0 bridgehead atoms. The molecule has 1 aliphatic heterocycles. The molecule has 1 aliphatic rings. The highest BCUT2D eigenvalue weighted by Crippen LogP contribution is 2.44. The molecule has 2 aromatic carbocycles. The van der Waals surface area contributed by atoms with Crippen molar-refractivity contribution in [1.82, 2.24) is 0 Å². The van der Waals surface area contributed by atoms with Gasteiger partial charge in [-0.2, -0.15) is 0 Å². The van der Waals surface area contributed by atoms with Crippen LogP contribution in [0.3, 0.4) is 0 Å². The Morgan fingerprint density at radius 2 is 1.86 bits per heavy atom. The molecule has 3 rings (SSSR count). The van der Waals surface area contributed by atoms with Crippen LogP contribution in [0.5, 0.6) is 0 Å². The van der Waals surface area contributed by atoms with Crippen molar-refractivity contribution in [2.45, 2.75) is 25.4 Å². The van der Waals surface area contributed by atoms with Crippen molar-refractivity contribution in [2.75, 3.05) is 5.32 Å². The van der Waals surface area contributed by atoms with E-state index >= 15 is 0 Å². The minimum Gasteiger partial charge on any atom is -0.372 e. The average Bonchev–Trinajstić information content (AvgIpc) is 2.72. The fourth-order valence-corrected chi connectivity index (χ4v) is 3.03. The van der Waals surface area contributed by atoms with Crippen LogP contribution in [-0.4, -0.2) is 11.0 Å². The van der Waals surface area contributed by atoms with Gasteiger partial charge in [0, 0.05) is 21.8 Å². The number of carbonyl (C=O) groups is 1. The summed E-state index contributed by atoms with van der Waals surface area (Å²) in [6.07, 6.45) is 0. The highest BCUT2D eigenvalue weighted by atomic mass is 35.5. The molecule has 0 aromatic heterocycles. The Balaban J connectivity index is 2.27. The lowest BCUT2D eigenvalue weighted by Crippen LogP contribution is -2.36. The van der Waals surface area contributed by atoms with E-state index in [0.29, 0.717) is 21.8 Å². The van der Waals surface area contributed by atoms with Crippen molar-refractivity contribution in [3.05, 3.63) is 64.2 Å². The molecular weight excluding hydrogens is 286 g/mol. The Kier molecular flexibility index (Phi) is 3.27. The van der Waals surface area contributed by atoms with Gasteiger partial charge in [-0.3, -0.25) is 4.79 Å². The largest absolute Gasteiger partial charge is 0.372 e. The zero-order valence-corrected chi connectivity index (χ0v) is 12.6. The monoisotopic (exact) mass is 301 g/mol. The molecule has 2 aromatic rings. The molecule has 3 nitrogen and oxygen atoms in total. The maximum atomic E-state index is 12.4. The SMILES string of the molecule is CC(C)c1ccccc1C1(O)C(=O)Nc2ccc(Cl)cc21. The minimum atomic E-state index is -1.69. The summed E-state index contributed by atoms with van der Waals surface area (Å²) < 4.78 is 0. The molecule has 2 N–H and O–H groups in total. The summed E-state index contributed by atoms with van der Waals surface area (Å²) in [6, 6.07) is 12.5. The van der Waals surface area contributed by atoms with Gasteiger partial charge in [0.1, 0.15) is 0 Å². The Morgan fingerprint density at radius 3 is 2.57 bits per heavy atom. The van der Waals surface area contributed by atoms with Crippen LogP contribution < -0.4 is 5.32 Å². The maximum absolute atomic E-state index is 12.4. The maximum Gasteiger partial charge on any atom is 0.265 e. The second kappa shape index (κ2) is 4.86. The first-order chi connectivity index (χ1) is 9.94.